The molecular weight excluding hydrogens is 761 g/mol. The minimum absolute atomic E-state index is 0.133. The summed E-state index contributed by atoms with van der Waals surface area (Å²) < 4.78 is 86.8. The van der Waals surface area contributed by atoms with Gasteiger partial charge >= 0.3 is 0 Å². The Bertz CT molecular complexity index is 3360. The molecule has 1 nitrogen and oxygen atoms in total. The van der Waals surface area contributed by atoms with E-state index in [1.807, 2.05) is 18.2 Å². The molecule has 0 aromatic heterocycles. The lowest BCUT2D eigenvalue weighted by Gasteiger charge is -2.30. The van der Waals surface area contributed by atoms with Gasteiger partial charge in [-0.25, -0.2) is 0 Å². The van der Waals surface area contributed by atoms with E-state index in [9.17, 15) is 6.48 Å². The van der Waals surface area contributed by atoms with Gasteiger partial charge < -0.3 is 5.11 Å². The van der Waals surface area contributed by atoms with E-state index in [4.69, 9.17) is 12.3 Å². The van der Waals surface area contributed by atoms with Crippen LogP contribution in [0.2, 0.25) is 0 Å². The van der Waals surface area contributed by atoms with E-state index < -0.39 is 53.6 Å². The predicted octanol–water partition coefficient (Wildman–Crippen LogP) is 17.2. The summed E-state index contributed by atoms with van der Waals surface area (Å²) in [6.07, 6.45) is 2.23. The van der Waals surface area contributed by atoms with Crippen molar-refractivity contribution in [3.63, 3.8) is 0 Å². The highest BCUT2D eigenvalue weighted by molar-refractivity contribution is 6.01. The van der Waals surface area contributed by atoms with E-state index in [-0.39, 0.29) is 51.1 Å². The lowest BCUT2D eigenvalue weighted by Crippen LogP contribution is -2.18. The Morgan fingerprint density at radius 3 is 1.78 bits per heavy atom. The molecule has 0 amide bonds. The molecule has 320 valence electrons. The number of fused-ring (bicyclic) bond motifs is 1. The van der Waals surface area contributed by atoms with Gasteiger partial charge in [-0.1, -0.05) is 216 Å². The average Bonchev–Trinajstić information content (AvgIpc) is 3.68. The number of rotatable bonds is 6. The van der Waals surface area contributed by atoms with E-state index in [1.54, 1.807) is 0 Å². The Kier molecular flexibility index (Phi) is 8.31. The van der Waals surface area contributed by atoms with Crippen LogP contribution in [0, 0.1) is 6.85 Å². The second-order valence-electron chi connectivity index (χ2n) is 21.3. The lowest BCUT2D eigenvalue weighted by molar-refractivity contribution is 0.443. The van der Waals surface area contributed by atoms with Crippen LogP contribution in [0.25, 0.3) is 56.2 Å². The largest absolute Gasteiger partial charge is 0.507 e. The number of aromatic hydroxyl groups is 1. The Balaban J connectivity index is 1.45. The van der Waals surface area contributed by atoms with E-state index in [1.165, 1.54) is 11.6 Å². The molecule has 1 unspecified atom stereocenters. The summed E-state index contributed by atoms with van der Waals surface area (Å²) in [5, 5.41) is 12.7. The summed E-state index contributed by atoms with van der Waals surface area (Å²) in [5.74, 6) is -0.0803. The number of hydrogen-bond donors (Lipinski definition) is 1. The maximum Gasteiger partial charge on any atom is 0.126 e. The van der Waals surface area contributed by atoms with Gasteiger partial charge in [-0.05, 0) is 136 Å². The number of allylic oxidation sites excluding steroid dienone is 1. The number of benzene rings is 7. The minimum Gasteiger partial charge on any atom is -0.507 e. The maximum absolute atomic E-state index is 12.7. The van der Waals surface area contributed by atoms with Crippen molar-refractivity contribution in [2.24, 2.45) is 0 Å². The third-order valence-electron chi connectivity index (χ3n) is 12.4. The standard InChI is InChI=1S/C62H66O/c1-39-25-27-40(28-26-39)42-21-17-22-43(31-42)44-32-45(34-47(33-44)60(5,6)7)49-23-18-24-50-53(49)38-54(55-36-48(61(8,9)10)37-56(58(55)63)62(11,12)13)57(50)51-30-29-46(59(2,3)4)35-52(51)41-19-15-14-16-20-41/h14-38,57,63H,1-13H3/i1D3,17D,21D,25D,26D,27D,28D,31D. The minimum atomic E-state index is -2.95. The highest BCUT2D eigenvalue weighted by Crippen LogP contribution is 2.54. The Morgan fingerprint density at radius 2 is 1.13 bits per heavy atom. The normalized spacial score (nSPS) is 16.9. The topological polar surface area (TPSA) is 20.2 Å². The van der Waals surface area contributed by atoms with Gasteiger partial charge in [0.15, 0.2) is 0 Å². The molecule has 0 heterocycles. The van der Waals surface area contributed by atoms with Gasteiger partial charge in [-0.3, -0.25) is 0 Å². The van der Waals surface area contributed by atoms with Crippen LogP contribution in [0.1, 0.15) is 153 Å². The molecule has 1 aliphatic rings. The van der Waals surface area contributed by atoms with Crippen LogP contribution in [-0.2, 0) is 21.7 Å². The van der Waals surface area contributed by atoms with Gasteiger partial charge in [0.25, 0.3) is 0 Å². The molecule has 63 heavy (non-hydrogen) atoms. The van der Waals surface area contributed by atoms with Crippen molar-refractivity contribution in [3.05, 3.63) is 195 Å². The summed E-state index contributed by atoms with van der Waals surface area (Å²) in [6, 6.07) is 31.4. The molecule has 0 saturated heterocycles. The fourth-order valence-electron chi connectivity index (χ4n) is 8.70. The van der Waals surface area contributed by atoms with Crippen LogP contribution in [0.5, 0.6) is 5.75 Å². The molecule has 1 N–H and O–H groups in total. The molecule has 0 aliphatic heterocycles. The maximum atomic E-state index is 12.7. The van der Waals surface area contributed by atoms with Gasteiger partial charge in [0.2, 0.25) is 0 Å². The first-order chi connectivity index (χ1) is 33.7. The van der Waals surface area contributed by atoms with Crippen molar-refractivity contribution in [1.29, 1.82) is 0 Å². The van der Waals surface area contributed by atoms with Crippen molar-refractivity contribution < 1.29 is 18.8 Å². The molecule has 1 aliphatic carbocycles. The van der Waals surface area contributed by atoms with Gasteiger partial charge in [0, 0.05) is 21.2 Å². The first-order valence-electron chi connectivity index (χ1n) is 27.0. The molecule has 8 rings (SSSR count). The second kappa shape index (κ2) is 16.0. The number of phenolic OH excluding ortho intramolecular Hbond substituents is 1. The van der Waals surface area contributed by atoms with Crippen molar-refractivity contribution in [1.82, 2.24) is 0 Å². The highest BCUT2D eigenvalue weighted by atomic mass is 16.3. The van der Waals surface area contributed by atoms with E-state index in [0.29, 0.717) is 5.56 Å². The molecule has 0 radical (unpaired) electrons. The summed E-state index contributed by atoms with van der Waals surface area (Å²) in [7, 11) is 0. The van der Waals surface area contributed by atoms with Crippen LogP contribution >= 0.6 is 0 Å². The van der Waals surface area contributed by atoms with Crippen LogP contribution in [0.3, 0.4) is 0 Å². The van der Waals surface area contributed by atoms with Gasteiger partial charge in [-0.15, -0.1) is 0 Å². The zero-order valence-corrected chi connectivity index (χ0v) is 38.9. The zero-order chi connectivity index (χ0) is 53.8. The van der Waals surface area contributed by atoms with Crippen molar-refractivity contribution in [3.8, 4) is 50.3 Å². The molecule has 0 saturated carbocycles. The fraction of sp³-hybridized carbons (Fsp3) is 0.290. The Hall–Kier alpha value is -5.92. The van der Waals surface area contributed by atoms with Crippen molar-refractivity contribution >= 4 is 11.6 Å². The van der Waals surface area contributed by atoms with E-state index in [0.717, 1.165) is 66.8 Å². The molecule has 7 aromatic rings. The monoisotopic (exact) mass is 837 g/mol. The van der Waals surface area contributed by atoms with Gasteiger partial charge in [0.1, 0.15) is 5.75 Å². The summed E-state index contributed by atoms with van der Waals surface area (Å²) in [5.41, 5.74) is 11.0. The van der Waals surface area contributed by atoms with Crippen LogP contribution < -0.4 is 0 Å². The van der Waals surface area contributed by atoms with Crippen molar-refractivity contribution in [2.75, 3.05) is 0 Å². The SMILES string of the molecule is [2H]c1cc(-c2cc(-c3cccc4c3C=C(c3cc(C(C)(C)C)cc(C(C)(C)C)c3O)C4c3ccc(C(C)(C)C)cc3-c3ccccc3)cc(C(C)(C)C)c2)c([2H])c(-c2c([2H])c([2H])c(C([2H])([2H])[2H])c([2H])c2[2H])c1[2H]. The first kappa shape index (κ1) is 32.7. The van der Waals surface area contributed by atoms with Gasteiger partial charge in [0.05, 0.1) is 9.60 Å². The Morgan fingerprint density at radius 1 is 0.476 bits per heavy atom. The molecule has 1 atom stereocenters. The quantitative estimate of drug-likeness (QED) is 0.177. The van der Waals surface area contributed by atoms with Crippen molar-refractivity contribution in [2.45, 2.75) is 118 Å². The smallest absolute Gasteiger partial charge is 0.126 e. The highest BCUT2D eigenvalue weighted by Gasteiger charge is 2.36. The number of hydrogen-bond acceptors (Lipinski definition) is 1. The second-order valence-corrected chi connectivity index (χ2v) is 21.3. The number of phenols is 1. The molecule has 0 fully saturated rings. The first-order valence-corrected chi connectivity index (χ1v) is 22.0. The molecule has 0 bridgehead atoms. The predicted molar refractivity (Wildman–Crippen MR) is 272 cm³/mol. The molecular formula is C62H66O. The van der Waals surface area contributed by atoms with Gasteiger partial charge in [-0.2, -0.15) is 0 Å². The zero-order valence-electron chi connectivity index (χ0n) is 48.9. The summed E-state index contributed by atoms with van der Waals surface area (Å²) in [6.45, 7) is 23.0. The molecule has 7 aromatic carbocycles. The summed E-state index contributed by atoms with van der Waals surface area (Å²) >= 11 is 0. The van der Waals surface area contributed by atoms with Crippen LogP contribution in [-0.4, -0.2) is 5.11 Å². The third kappa shape index (κ3) is 8.73. The molecule has 1 heteroatoms. The van der Waals surface area contributed by atoms with E-state index in [2.05, 4.69) is 168 Å². The Labute approximate surface area is 392 Å². The molecule has 0 spiro atoms. The van der Waals surface area contributed by atoms with Crippen LogP contribution in [0.4, 0.5) is 0 Å². The summed E-state index contributed by atoms with van der Waals surface area (Å²) in [4.78, 5) is 0. The van der Waals surface area contributed by atoms with E-state index >= 15 is 0 Å². The third-order valence-corrected chi connectivity index (χ3v) is 12.4. The average molecular weight is 837 g/mol. The van der Waals surface area contributed by atoms with Crippen LogP contribution in [0.15, 0.2) is 145 Å². The lowest BCUT2D eigenvalue weighted by atomic mass is 9.75. The fourth-order valence-corrected chi connectivity index (χ4v) is 8.70.